The Bertz CT molecular complexity index is 1360. The van der Waals surface area contributed by atoms with Crippen LogP contribution in [0.15, 0.2) is 54.9 Å². The van der Waals surface area contributed by atoms with E-state index in [0.29, 0.717) is 11.4 Å². The van der Waals surface area contributed by atoms with Crippen LogP contribution in [-0.4, -0.2) is 29.3 Å². The zero-order valence-corrected chi connectivity index (χ0v) is 15.9. The summed E-state index contributed by atoms with van der Waals surface area (Å²) in [5, 5.41) is 15.7. The Morgan fingerprint density at radius 3 is 2.54 bits per heavy atom. The molecule has 2 aromatic carbocycles. The molecule has 3 aromatic heterocycles. The van der Waals surface area contributed by atoms with Gasteiger partial charge < -0.3 is 5.11 Å². The highest BCUT2D eigenvalue weighted by Crippen LogP contribution is 2.32. The van der Waals surface area contributed by atoms with Crippen LogP contribution in [-0.2, 0) is 0 Å². The summed E-state index contributed by atoms with van der Waals surface area (Å²) >= 11 is 0. The fraction of sp³-hybridized carbons (Fsp3) is 0.136. The molecule has 0 aliphatic rings. The maximum Gasteiger partial charge on any atom is 0.185 e. The third-order valence-electron chi connectivity index (χ3n) is 5.24. The Hall–Kier alpha value is -3.67. The van der Waals surface area contributed by atoms with Gasteiger partial charge >= 0.3 is 0 Å². The number of nitrogens with zero attached hydrogens (tertiary/aromatic N) is 5. The third-order valence-corrected chi connectivity index (χ3v) is 5.24. The summed E-state index contributed by atoms with van der Waals surface area (Å²) in [5.74, 6) is 0.639. The summed E-state index contributed by atoms with van der Waals surface area (Å²) in [4.78, 5) is 9.42. The van der Waals surface area contributed by atoms with Gasteiger partial charge in [0.05, 0.1) is 10.9 Å². The predicted molar refractivity (Wildman–Crippen MR) is 109 cm³/mol. The van der Waals surface area contributed by atoms with Gasteiger partial charge in [-0.3, -0.25) is 4.57 Å². The standard InChI is InChI=1S/C22H19N5O/c1-13-7-6-8-16(11-13)27-15(3)14(2)19-21(27)23-12-26-22(19)24-20(25-26)17-9-4-5-10-18(17)28/h4-12,28H,1-3H3. The number of aryl methyl sites for hydroxylation is 2. The van der Waals surface area contributed by atoms with Crippen LogP contribution in [0.4, 0.5) is 0 Å². The van der Waals surface area contributed by atoms with Crippen LogP contribution in [0, 0.1) is 20.8 Å². The van der Waals surface area contributed by atoms with Crippen molar-refractivity contribution in [2.45, 2.75) is 20.8 Å². The Morgan fingerprint density at radius 1 is 0.929 bits per heavy atom. The molecular weight excluding hydrogens is 350 g/mol. The summed E-state index contributed by atoms with van der Waals surface area (Å²) in [6, 6.07) is 15.5. The van der Waals surface area contributed by atoms with Crippen LogP contribution in [0.5, 0.6) is 5.75 Å². The number of rotatable bonds is 2. The lowest BCUT2D eigenvalue weighted by molar-refractivity contribution is 0.477. The maximum atomic E-state index is 10.2. The zero-order chi connectivity index (χ0) is 19.4. The first-order valence-electron chi connectivity index (χ1n) is 9.13. The van der Waals surface area contributed by atoms with Gasteiger partial charge in [0.1, 0.15) is 12.1 Å². The van der Waals surface area contributed by atoms with Gasteiger partial charge in [0.25, 0.3) is 0 Å². The average Bonchev–Trinajstić information content (AvgIpc) is 3.21. The molecule has 0 aliphatic carbocycles. The second kappa shape index (κ2) is 5.92. The van der Waals surface area contributed by atoms with Crippen molar-refractivity contribution in [1.82, 2.24) is 24.1 Å². The van der Waals surface area contributed by atoms with Crippen LogP contribution in [0.2, 0.25) is 0 Å². The predicted octanol–water partition coefficient (Wildman–Crippen LogP) is 4.37. The van der Waals surface area contributed by atoms with Crippen molar-refractivity contribution in [3.05, 3.63) is 71.7 Å². The fourth-order valence-electron chi connectivity index (χ4n) is 3.72. The molecule has 0 fully saturated rings. The lowest BCUT2D eigenvalue weighted by atomic mass is 10.2. The molecule has 5 aromatic rings. The van der Waals surface area contributed by atoms with E-state index in [4.69, 9.17) is 4.98 Å². The summed E-state index contributed by atoms with van der Waals surface area (Å²) in [6.45, 7) is 6.26. The van der Waals surface area contributed by atoms with E-state index in [9.17, 15) is 5.11 Å². The number of aromatic hydroxyl groups is 1. The molecule has 1 N–H and O–H groups in total. The minimum atomic E-state index is 0.160. The van der Waals surface area contributed by atoms with Crippen molar-refractivity contribution in [3.63, 3.8) is 0 Å². The first kappa shape index (κ1) is 16.5. The lowest BCUT2D eigenvalue weighted by Crippen LogP contribution is -1.99. The molecule has 28 heavy (non-hydrogen) atoms. The Kier molecular flexibility index (Phi) is 3.49. The highest BCUT2D eigenvalue weighted by molar-refractivity contribution is 5.95. The summed E-state index contributed by atoms with van der Waals surface area (Å²) < 4.78 is 3.84. The molecule has 3 heterocycles. The van der Waals surface area contributed by atoms with E-state index >= 15 is 0 Å². The van der Waals surface area contributed by atoms with E-state index in [2.05, 4.69) is 59.7 Å². The monoisotopic (exact) mass is 369 g/mol. The minimum Gasteiger partial charge on any atom is -0.507 e. The molecule has 6 heteroatoms. The molecule has 0 spiro atoms. The molecule has 0 saturated carbocycles. The molecule has 0 amide bonds. The number of benzene rings is 2. The second-order valence-corrected chi connectivity index (χ2v) is 7.05. The van der Waals surface area contributed by atoms with Crippen molar-refractivity contribution in [1.29, 1.82) is 0 Å². The van der Waals surface area contributed by atoms with Crippen molar-refractivity contribution < 1.29 is 5.11 Å². The molecule has 0 atom stereocenters. The van der Waals surface area contributed by atoms with Crippen molar-refractivity contribution in [2.75, 3.05) is 0 Å². The molecule has 0 saturated heterocycles. The van der Waals surface area contributed by atoms with Crippen LogP contribution in [0.25, 0.3) is 33.8 Å². The summed E-state index contributed by atoms with van der Waals surface area (Å²) in [5.41, 5.74) is 6.69. The largest absolute Gasteiger partial charge is 0.507 e. The summed E-state index contributed by atoms with van der Waals surface area (Å²) in [7, 11) is 0. The number of para-hydroxylation sites is 1. The van der Waals surface area contributed by atoms with Crippen LogP contribution in [0.1, 0.15) is 16.8 Å². The van der Waals surface area contributed by atoms with Crippen LogP contribution in [0.3, 0.4) is 0 Å². The van der Waals surface area contributed by atoms with Crippen LogP contribution >= 0.6 is 0 Å². The van der Waals surface area contributed by atoms with Gasteiger partial charge in [0, 0.05) is 11.4 Å². The van der Waals surface area contributed by atoms with Gasteiger partial charge in [-0.1, -0.05) is 24.3 Å². The van der Waals surface area contributed by atoms with E-state index in [1.54, 1.807) is 23.0 Å². The van der Waals surface area contributed by atoms with Gasteiger partial charge in [-0.05, 0) is 56.2 Å². The molecular formula is C22H19N5O. The molecule has 5 rings (SSSR count). The van der Waals surface area contributed by atoms with Crippen molar-refractivity contribution >= 4 is 16.7 Å². The van der Waals surface area contributed by atoms with Crippen molar-refractivity contribution in [2.24, 2.45) is 0 Å². The van der Waals surface area contributed by atoms with E-state index < -0.39 is 0 Å². The number of phenols is 1. The fourth-order valence-corrected chi connectivity index (χ4v) is 3.72. The van der Waals surface area contributed by atoms with Crippen LogP contribution < -0.4 is 0 Å². The minimum absolute atomic E-state index is 0.160. The number of phenolic OH excluding ortho intramolecular Hbond substituents is 1. The number of hydrogen-bond donors (Lipinski definition) is 1. The number of fused-ring (bicyclic) bond motifs is 3. The van der Waals surface area contributed by atoms with E-state index in [-0.39, 0.29) is 5.75 Å². The van der Waals surface area contributed by atoms with E-state index in [1.165, 1.54) is 5.56 Å². The molecule has 0 bridgehead atoms. The highest BCUT2D eigenvalue weighted by Gasteiger charge is 2.20. The van der Waals surface area contributed by atoms with Gasteiger partial charge in [0.15, 0.2) is 17.1 Å². The van der Waals surface area contributed by atoms with Gasteiger partial charge in [-0.2, -0.15) is 0 Å². The maximum absolute atomic E-state index is 10.2. The quantitative estimate of drug-likeness (QED) is 0.502. The topological polar surface area (TPSA) is 68.2 Å². The first-order valence-corrected chi connectivity index (χ1v) is 9.13. The van der Waals surface area contributed by atoms with Gasteiger partial charge in [-0.15, -0.1) is 5.10 Å². The summed E-state index contributed by atoms with van der Waals surface area (Å²) in [6.07, 6.45) is 1.68. The van der Waals surface area contributed by atoms with Gasteiger partial charge in [-0.25, -0.2) is 14.5 Å². The Labute approximate surface area is 161 Å². The zero-order valence-electron chi connectivity index (χ0n) is 15.9. The van der Waals surface area contributed by atoms with E-state index in [0.717, 1.165) is 33.6 Å². The number of aromatic nitrogens is 5. The number of hydrogen-bond acceptors (Lipinski definition) is 4. The Morgan fingerprint density at radius 2 is 1.75 bits per heavy atom. The Balaban J connectivity index is 1.82. The average molecular weight is 369 g/mol. The van der Waals surface area contributed by atoms with Gasteiger partial charge in [0.2, 0.25) is 0 Å². The SMILES string of the molecule is Cc1cccc(-n2c(C)c(C)c3c2ncn2nc(-c4ccccc4O)nc32)c1. The molecule has 138 valence electrons. The smallest absolute Gasteiger partial charge is 0.185 e. The van der Waals surface area contributed by atoms with Crippen molar-refractivity contribution in [3.8, 4) is 22.8 Å². The normalized spacial score (nSPS) is 11.5. The third kappa shape index (κ3) is 2.31. The highest BCUT2D eigenvalue weighted by atomic mass is 16.3. The lowest BCUT2D eigenvalue weighted by Gasteiger charge is -2.08. The molecule has 0 aliphatic heterocycles. The molecule has 0 unspecified atom stereocenters. The second-order valence-electron chi connectivity index (χ2n) is 7.05. The van der Waals surface area contributed by atoms with E-state index in [1.807, 2.05) is 12.1 Å². The molecule has 6 nitrogen and oxygen atoms in total. The first-order chi connectivity index (χ1) is 13.5. The molecule has 0 radical (unpaired) electrons.